The van der Waals surface area contributed by atoms with Gasteiger partial charge in [-0.05, 0) is 15.9 Å². The second kappa shape index (κ2) is 6.28. The van der Waals surface area contributed by atoms with Crippen LogP contribution in [-0.2, 0) is 0 Å². The van der Waals surface area contributed by atoms with Crippen molar-refractivity contribution in [3.8, 4) is 28.6 Å². The Morgan fingerprint density at radius 3 is 2.10 bits per heavy atom. The molecular weight excluding hydrogens is 348 g/mol. The first-order chi connectivity index (χ1) is 9.60. The molecule has 0 atom stereocenters. The van der Waals surface area contributed by atoms with Crippen molar-refractivity contribution in [3.05, 3.63) is 28.0 Å². The molecule has 1 aromatic heterocycles. The Hall–Kier alpha value is -1.53. The molecule has 0 saturated carbocycles. The Balaban J connectivity index is 2.67. The molecule has 20 heavy (non-hydrogen) atoms. The van der Waals surface area contributed by atoms with E-state index in [0.717, 1.165) is 0 Å². The third-order valence-electron chi connectivity index (χ3n) is 2.64. The summed E-state index contributed by atoms with van der Waals surface area (Å²) in [5.41, 5.74) is 0.616. The normalized spacial score (nSPS) is 10.2. The van der Waals surface area contributed by atoms with Crippen molar-refractivity contribution < 1.29 is 14.2 Å². The van der Waals surface area contributed by atoms with Crippen LogP contribution in [0.3, 0.4) is 0 Å². The van der Waals surface area contributed by atoms with E-state index >= 15 is 0 Å². The van der Waals surface area contributed by atoms with E-state index in [2.05, 4.69) is 25.9 Å². The van der Waals surface area contributed by atoms with Crippen LogP contribution in [0.5, 0.6) is 17.2 Å². The first kappa shape index (κ1) is 14.9. The van der Waals surface area contributed by atoms with Gasteiger partial charge in [0.2, 0.25) is 0 Å². The summed E-state index contributed by atoms with van der Waals surface area (Å²) in [4.78, 5) is 8.46. The van der Waals surface area contributed by atoms with Gasteiger partial charge in [-0.15, -0.1) is 0 Å². The summed E-state index contributed by atoms with van der Waals surface area (Å²) in [6, 6.07) is 3.47. The van der Waals surface area contributed by atoms with E-state index in [9.17, 15) is 0 Å². The first-order valence-corrected chi connectivity index (χ1v) is 6.76. The molecule has 106 valence electrons. The highest BCUT2D eigenvalue weighted by atomic mass is 79.9. The van der Waals surface area contributed by atoms with Crippen LogP contribution in [-0.4, -0.2) is 31.3 Å². The second-order valence-electron chi connectivity index (χ2n) is 3.74. The summed E-state index contributed by atoms with van der Waals surface area (Å²) < 4.78 is 16.5. The van der Waals surface area contributed by atoms with Crippen molar-refractivity contribution in [1.29, 1.82) is 0 Å². The Morgan fingerprint density at radius 1 is 1.05 bits per heavy atom. The van der Waals surface area contributed by atoms with Crippen molar-refractivity contribution in [2.45, 2.75) is 0 Å². The van der Waals surface area contributed by atoms with Crippen molar-refractivity contribution in [3.63, 3.8) is 0 Å². The van der Waals surface area contributed by atoms with Crippen LogP contribution in [0.15, 0.2) is 22.8 Å². The number of nitrogens with zero attached hydrogens (tertiary/aromatic N) is 2. The number of benzene rings is 1. The predicted molar refractivity (Wildman–Crippen MR) is 79.8 cm³/mol. The molecular formula is C13H12BrClN2O3. The molecule has 2 rings (SSSR count). The van der Waals surface area contributed by atoms with E-state index < -0.39 is 0 Å². The zero-order valence-electron chi connectivity index (χ0n) is 11.1. The third kappa shape index (κ3) is 2.81. The van der Waals surface area contributed by atoms with Crippen LogP contribution in [0.2, 0.25) is 5.15 Å². The highest BCUT2D eigenvalue weighted by molar-refractivity contribution is 9.10. The fourth-order valence-electron chi connectivity index (χ4n) is 1.69. The summed E-state index contributed by atoms with van der Waals surface area (Å²) in [7, 11) is 4.68. The van der Waals surface area contributed by atoms with Gasteiger partial charge in [0.05, 0.1) is 25.8 Å². The molecule has 0 bridgehead atoms. The van der Waals surface area contributed by atoms with Gasteiger partial charge in [0.15, 0.2) is 5.82 Å². The lowest BCUT2D eigenvalue weighted by Gasteiger charge is -2.14. The molecule has 0 amide bonds. The van der Waals surface area contributed by atoms with Gasteiger partial charge < -0.3 is 14.2 Å². The van der Waals surface area contributed by atoms with E-state index in [1.54, 1.807) is 39.7 Å². The van der Waals surface area contributed by atoms with E-state index in [4.69, 9.17) is 25.8 Å². The topological polar surface area (TPSA) is 53.5 Å². The van der Waals surface area contributed by atoms with Gasteiger partial charge in [0, 0.05) is 18.3 Å². The molecule has 2 aromatic rings. The minimum Gasteiger partial charge on any atom is -0.496 e. The minimum atomic E-state index is 0.315. The highest BCUT2D eigenvalue weighted by Gasteiger charge is 2.18. The van der Waals surface area contributed by atoms with Gasteiger partial charge in [-0.2, -0.15) is 0 Å². The van der Waals surface area contributed by atoms with E-state index in [1.807, 2.05) is 0 Å². The lowest BCUT2D eigenvalue weighted by molar-refractivity contribution is 0.377. The molecule has 0 unspecified atom stereocenters. The van der Waals surface area contributed by atoms with Crippen LogP contribution in [0, 0.1) is 0 Å². The van der Waals surface area contributed by atoms with Crippen molar-refractivity contribution in [1.82, 2.24) is 9.97 Å². The number of hydrogen-bond acceptors (Lipinski definition) is 5. The smallest absolute Gasteiger partial charge is 0.168 e. The quantitative estimate of drug-likeness (QED) is 0.781. The fourth-order valence-corrected chi connectivity index (χ4v) is 2.01. The number of ether oxygens (including phenoxy) is 3. The predicted octanol–water partition coefficient (Wildman–Crippen LogP) is 3.59. The maximum atomic E-state index is 6.01. The number of methoxy groups -OCH3 is 3. The minimum absolute atomic E-state index is 0.315. The molecule has 0 radical (unpaired) electrons. The molecule has 7 heteroatoms. The first-order valence-electron chi connectivity index (χ1n) is 5.59. The summed E-state index contributed by atoms with van der Waals surface area (Å²) in [5.74, 6) is 2.11. The largest absolute Gasteiger partial charge is 0.496 e. The number of aromatic nitrogens is 2. The molecule has 0 fully saturated rings. The Morgan fingerprint density at radius 2 is 1.65 bits per heavy atom. The number of rotatable bonds is 4. The zero-order chi connectivity index (χ0) is 14.7. The third-order valence-corrected chi connectivity index (χ3v) is 3.74. The monoisotopic (exact) mass is 358 g/mol. The highest BCUT2D eigenvalue weighted by Crippen LogP contribution is 2.40. The summed E-state index contributed by atoms with van der Waals surface area (Å²) in [5, 5.41) is 0.315. The zero-order valence-corrected chi connectivity index (χ0v) is 13.4. The number of halogens is 2. The lowest BCUT2D eigenvalue weighted by atomic mass is 10.1. The summed E-state index contributed by atoms with van der Waals surface area (Å²) >= 11 is 9.27. The molecule has 0 saturated heterocycles. The van der Waals surface area contributed by atoms with Crippen LogP contribution >= 0.6 is 27.5 Å². The van der Waals surface area contributed by atoms with Gasteiger partial charge in [-0.25, -0.2) is 9.97 Å². The average molecular weight is 360 g/mol. The van der Waals surface area contributed by atoms with Crippen molar-refractivity contribution >= 4 is 27.5 Å². The standard InChI is InChI=1S/C13H12BrClN2O3/c1-18-7-4-9(19-2)11(10(5-7)20-3)13-16-6-8(14)12(15)17-13/h4-6H,1-3H3. The maximum Gasteiger partial charge on any atom is 0.168 e. The molecule has 0 aliphatic rings. The van der Waals surface area contributed by atoms with Crippen LogP contribution < -0.4 is 14.2 Å². The van der Waals surface area contributed by atoms with E-state index in [1.165, 1.54) is 0 Å². The van der Waals surface area contributed by atoms with Crippen molar-refractivity contribution in [2.24, 2.45) is 0 Å². The van der Waals surface area contributed by atoms with Gasteiger partial charge in [0.1, 0.15) is 28.0 Å². The van der Waals surface area contributed by atoms with Gasteiger partial charge in [-0.3, -0.25) is 0 Å². The number of hydrogen-bond donors (Lipinski definition) is 0. The summed E-state index contributed by atoms with van der Waals surface area (Å²) in [6.45, 7) is 0. The Labute approximate surface area is 130 Å². The molecule has 0 spiro atoms. The fraction of sp³-hybridized carbons (Fsp3) is 0.231. The van der Waals surface area contributed by atoms with E-state index in [0.29, 0.717) is 38.3 Å². The summed E-state index contributed by atoms with van der Waals surface area (Å²) in [6.07, 6.45) is 1.58. The van der Waals surface area contributed by atoms with Gasteiger partial charge in [-0.1, -0.05) is 11.6 Å². The Bertz CT molecular complexity index is 612. The van der Waals surface area contributed by atoms with Gasteiger partial charge in [0.25, 0.3) is 0 Å². The van der Waals surface area contributed by atoms with Gasteiger partial charge >= 0.3 is 0 Å². The molecule has 5 nitrogen and oxygen atoms in total. The molecule has 1 heterocycles. The average Bonchev–Trinajstić information content (AvgIpc) is 2.48. The van der Waals surface area contributed by atoms with Crippen LogP contribution in [0.4, 0.5) is 0 Å². The van der Waals surface area contributed by atoms with E-state index in [-0.39, 0.29) is 0 Å². The van der Waals surface area contributed by atoms with Crippen LogP contribution in [0.1, 0.15) is 0 Å². The lowest BCUT2D eigenvalue weighted by Crippen LogP contribution is -1.98. The SMILES string of the molecule is COc1cc(OC)c(-c2ncc(Br)c(Cl)n2)c(OC)c1. The molecule has 0 aliphatic heterocycles. The molecule has 0 aliphatic carbocycles. The van der Waals surface area contributed by atoms with Crippen LogP contribution in [0.25, 0.3) is 11.4 Å². The Kier molecular flexibility index (Phi) is 4.67. The second-order valence-corrected chi connectivity index (χ2v) is 4.95. The molecule has 0 N–H and O–H groups in total. The molecule has 1 aromatic carbocycles. The van der Waals surface area contributed by atoms with Crippen molar-refractivity contribution in [2.75, 3.05) is 21.3 Å². The maximum absolute atomic E-state index is 6.01.